The minimum Gasteiger partial charge on any atom is -0.481 e. The van der Waals surface area contributed by atoms with Crippen LogP contribution in [0.4, 0.5) is 14.5 Å². The van der Waals surface area contributed by atoms with E-state index >= 15 is 0 Å². The summed E-state index contributed by atoms with van der Waals surface area (Å²) in [5.41, 5.74) is 2.02. The average molecular weight is 498 g/mol. The number of carboxylic acids is 1. The van der Waals surface area contributed by atoms with Crippen LogP contribution < -0.4 is 15.4 Å². The smallest absolute Gasteiger partial charge is 0.305 e. The highest BCUT2D eigenvalue weighted by Gasteiger charge is 2.18. The maximum atomic E-state index is 14.0. The van der Waals surface area contributed by atoms with Gasteiger partial charge in [-0.25, -0.2) is 13.8 Å². The standard InChI is InChI=1S/C27H29F2N3O4/c1-3-17(2)24(32-21-8-4-18(5-9-21)27(35)30-13-12-26(33)34)16-36-25-11-6-19(15-31-25)22-10-7-20(28)14-23(22)29/h4-11,14-15,17,24,32H,3,12-13,16H2,1-2H3,(H,30,35)(H,33,34). The van der Waals surface area contributed by atoms with E-state index in [9.17, 15) is 18.4 Å². The molecule has 2 aromatic carbocycles. The van der Waals surface area contributed by atoms with E-state index in [2.05, 4.69) is 29.5 Å². The number of amides is 1. The Bertz CT molecular complexity index is 1170. The first-order valence-electron chi connectivity index (χ1n) is 11.7. The number of carbonyl (C=O) groups is 2. The third-order valence-corrected chi connectivity index (χ3v) is 5.84. The van der Waals surface area contributed by atoms with Crippen LogP contribution in [0, 0.1) is 17.6 Å². The molecule has 190 valence electrons. The molecule has 2 unspecified atom stereocenters. The van der Waals surface area contributed by atoms with Gasteiger partial charge in [0.1, 0.15) is 18.2 Å². The second kappa shape index (κ2) is 12.6. The Morgan fingerprint density at radius 2 is 1.83 bits per heavy atom. The first-order valence-corrected chi connectivity index (χ1v) is 11.7. The zero-order chi connectivity index (χ0) is 26.1. The highest BCUT2D eigenvalue weighted by atomic mass is 19.1. The van der Waals surface area contributed by atoms with E-state index in [1.54, 1.807) is 36.4 Å². The molecule has 1 aromatic heterocycles. The number of hydrogen-bond donors (Lipinski definition) is 3. The Morgan fingerprint density at radius 3 is 2.44 bits per heavy atom. The molecule has 7 nitrogen and oxygen atoms in total. The third kappa shape index (κ3) is 7.49. The summed E-state index contributed by atoms with van der Waals surface area (Å²) >= 11 is 0. The molecule has 3 rings (SSSR count). The zero-order valence-corrected chi connectivity index (χ0v) is 20.1. The lowest BCUT2D eigenvalue weighted by atomic mass is 9.99. The lowest BCUT2D eigenvalue weighted by Crippen LogP contribution is -2.33. The van der Waals surface area contributed by atoms with Crippen molar-refractivity contribution in [3.8, 4) is 17.0 Å². The summed E-state index contributed by atoms with van der Waals surface area (Å²) in [5, 5.41) is 14.7. The van der Waals surface area contributed by atoms with E-state index in [0.717, 1.165) is 18.2 Å². The second-order valence-corrected chi connectivity index (χ2v) is 8.43. The monoisotopic (exact) mass is 497 g/mol. The summed E-state index contributed by atoms with van der Waals surface area (Å²) in [6.45, 7) is 4.56. The number of nitrogens with zero attached hydrogens (tertiary/aromatic N) is 1. The van der Waals surface area contributed by atoms with Crippen molar-refractivity contribution in [3.05, 3.63) is 78.0 Å². The van der Waals surface area contributed by atoms with Crippen LogP contribution in [0.5, 0.6) is 5.88 Å². The summed E-state index contributed by atoms with van der Waals surface area (Å²) < 4.78 is 33.1. The number of aliphatic carboxylic acids is 1. The highest BCUT2D eigenvalue weighted by molar-refractivity contribution is 5.94. The van der Waals surface area contributed by atoms with Crippen LogP contribution in [0.3, 0.4) is 0 Å². The van der Waals surface area contributed by atoms with Crippen molar-refractivity contribution in [2.45, 2.75) is 32.7 Å². The van der Waals surface area contributed by atoms with Crippen molar-refractivity contribution in [1.82, 2.24) is 10.3 Å². The number of anilines is 1. The van der Waals surface area contributed by atoms with Gasteiger partial charge in [-0.1, -0.05) is 20.3 Å². The van der Waals surface area contributed by atoms with Gasteiger partial charge in [0.25, 0.3) is 5.91 Å². The topological polar surface area (TPSA) is 101 Å². The first kappa shape index (κ1) is 26.6. The lowest BCUT2D eigenvalue weighted by molar-refractivity contribution is -0.136. The molecule has 1 heterocycles. The number of carboxylic acid groups (broad SMARTS) is 1. The van der Waals surface area contributed by atoms with Gasteiger partial charge in [-0.05, 0) is 48.4 Å². The molecule has 0 aliphatic heterocycles. The summed E-state index contributed by atoms with van der Waals surface area (Å²) in [7, 11) is 0. The molecule has 2 atom stereocenters. The van der Waals surface area contributed by atoms with Gasteiger partial charge in [0, 0.05) is 47.3 Å². The zero-order valence-electron chi connectivity index (χ0n) is 20.1. The van der Waals surface area contributed by atoms with Crippen molar-refractivity contribution in [2.75, 3.05) is 18.5 Å². The summed E-state index contributed by atoms with van der Waals surface area (Å²) in [6.07, 6.45) is 2.25. The second-order valence-electron chi connectivity index (χ2n) is 8.43. The Kier molecular flexibility index (Phi) is 9.32. The van der Waals surface area contributed by atoms with Crippen LogP contribution in [-0.4, -0.2) is 41.2 Å². The highest BCUT2D eigenvalue weighted by Crippen LogP contribution is 2.24. The fourth-order valence-electron chi connectivity index (χ4n) is 3.47. The van der Waals surface area contributed by atoms with Gasteiger partial charge in [0.05, 0.1) is 12.5 Å². The Balaban J connectivity index is 1.60. The third-order valence-electron chi connectivity index (χ3n) is 5.84. The molecule has 3 N–H and O–H groups in total. The largest absolute Gasteiger partial charge is 0.481 e. The van der Waals surface area contributed by atoms with Crippen LogP contribution in [0.25, 0.3) is 11.1 Å². The number of benzene rings is 2. The molecule has 0 saturated carbocycles. The number of halogens is 2. The van der Waals surface area contributed by atoms with Crippen LogP contribution in [-0.2, 0) is 4.79 Å². The molecule has 0 aliphatic rings. The minimum atomic E-state index is -0.971. The van der Waals surface area contributed by atoms with E-state index in [0.29, 0.717) is 23.6 Å². The molecule has 0 fully saturated rings. The molecule has 36 heavy (non-hydrogen) atoms. The maximum Gasteiger partial charge on any atom is 0.305 e. The van der Waals surface area contributed by atoms with E-state index in [-0.39, 0.29) is 36.4 Å². The summed E-state index contributed by atoms with van der Waals surface area (Å²) in [6, 6.07) is 13.6. The minimum absolute atomic E-state index is 0.0544. The molecule has 3 aromatic rings. The van der Waals surface area contributed by atoms with Gasteiger partial charge in [-0.2, -0.15) is 0 Å². The average Bonchev–Trinajstić information content (AvgIpc) is 2.86. The molecular formula is C27H29F2N3O4. The van der Waals surface area contributed by atoms with Crippen molar-refractivity contribution in [1.29, 1.82) is 0 Å². The molecular weight excluding hydrogens is 468 g/mol. The van der Waals surface area contributed by atoms with E-state index in [4.69, 9.17) is 9.84 Å². The number of carbonyl (C=O) groups excluding carboxylic acids is 1. The van der Waals surface area contributed by atoms with Gasteiger partial charge in [0.15, 0.2) is 0 Å². The van der Waals surface area contributed by atoms with Gasteiger partial charge in [-0.15, -0.1) is 0 Å². The maximum absolute atomic E-state index is 14.0. The summed E-state index contributed by atoms with van der Waals surface area (Å²) in [4.78, 5) is 27.0. The van der Waals surface area contributed by atoms with Gasteiger partial charge < -0.3 is 20.5 Å². The molecule has 0 bridgehead atoms. The molecule has 0 saturated heterocycles. The van der Waals surface area contributed by atoms with E-state index in [1.165, 1.54) is 18.3 Å². The predicted octanol–water partition coefficient (Wildman–Crippen LogP) is 5.14. The van der Waals surface area contributed by atoms with Gasteiger partial charge in [-0.3, -0.25) is 9.59 Å². The van der Waals surface area contributed by atoms with Crippen LogP contribution in [0.15, 0.2) is 60.8 Å². The van der Waals surface area contributed by atoms with Crippen LogP contribution in [0.2, 0.25) is 0 Å². The number of ether oxygens (including phenoxy) is 1. The quantitative estimate of drug-likeness (QED) is 0.321. The number of aromatic nitrogens is 1. The fraction of sp³-hybridized carbons (Fsp3) is 0.296. The molecule has 0 aliphatic carbocycles. The van der Waals surface area contributed by atoms with E-state index in [1.807, 2.05) is 0 Å². The van der Waals surface area contributed by atoms with Crippen LogP contribution in [0.1, 0.15) is 37.0 Å². The molecule has 9 heteroatoms. The number of nitrogens with one attached hydrogen (secondary N) is 2. The van der Waals surface area contributed by atoms with Gasteiger partial charge >= 0.3 is 5.97 Å². The van der Waals surface area contributed by atoms with Gasteiger partial charge in [0.2, 0.25) is 5.88 Å². The molecule has 0 radical (unpaired) electrons. The van der Waals surface area contributed by atoms with Crippen LogP contribution >= 0.6 is 0 Å². The van der Waals surface area contributed by atoms with Crippen molar-refractivity contribution in [2.24, 2.45) is 5.92 Å². The van der Waals surface area contributed by atoms with Crippen molar-refractivity contribution >= 4 is 17.6 Å². The lowest BCUT2D eigenvalue weighted by Gasteiger charge is -2.25. The fourth-order valence-corrected chi connectivity index (χ4v) is 3.47. The first-order chi connectivity index (χ1) is 17.3. The molecule has 0 spiro atoms. The Hall–Kier alpha value is -4.01. The number of rotatable bonds is 12. The van der Waals surface area contributed by atoms with E-state index < -0.39 is 17.6 Å². The molecule has 1 amide bonds. The predicted molar refractivity (Wildman–Crippen MR) is 133 cm³/mol. The van der Waals surface area contributed by atoms with Crippen molar-refractivity contribution in [3.63, 3.8) is 0 Å². The normalized spacial score (nSPS) is 12.4. The number of pyridine rings is 1. The van der Waals surface area contributed by atoms with Crippen molar-refractivity contribution < 1.29 is 28.2 Å². The summed E-state index contributed by atoms with van der Waals surface area (Å²) in [5.74, 6) is -1.96. The SMILES string of the molecule is CCC(C)C(COc1ccc(-c2ccc(F)cc2F)cn1)Nc1ccc(C(=O)NCCC(=O)O)cc1. The Morgan fingerprint density at radius 1 is 1.08 bits per heavy atom. The number of hydrogen-bond acceptors (Lipinski definition) is 5. The Labute approximate surface area is 208 Å².